The van der Waals surface area contributed by atoms with E-state index in [1.807, 2.05) is 44.2 Å². The number of nitrogens with one attached hydrogen (secondary N) is 3. The Morgan fingerprint density at radius 1 is 1.15 bits per heavy atom. The largest absolute Gasteiger partial charge is 0.378 e. The fraction of sp³-hybridized carbons (Fsp3) is 0.421. The number of carbonyl (C=O) groups is 1. The number of rotatable bonds is 6. The molecule has 1 fully saturated rings. The Morgan fingerprint density at radius 3 is 2.74 bits per heavy atom. The van der Waals surface area contributed by atoms with Gasteiger partial charge >= 0.3 is 6.03 Å². The van der Waals surface area contributed by atoms with Crippen LogP contribution < -0.4 is 20.9 Å². The zero-order valence-corrected chi connectivity index (χ0v) is 15.8. The molecule has 0 unspecified atom stereocenters. The lowest BCUT2D eigenvalue weighted by atomic mass is 10.2. The van der Waals surface area contributed by atoms with Crippen LogP contribution in [0.4, 0.5) is 22.2 Å². The summed E-state index contributed by atoms with van der Waals surface area (Å²) in [5.41, 5.74) is 2.78. The number of morpholine rings is 1. The molecule has 8 nitrogen and oxygen atoms in total. The van der Waals surface area contributed by atoms with Crippen LogP contribution in [0.5, 0.6) is 0 Å². The molecule has 0 bridgehead atoms. The second-order valence-corrected chi connectivity index (χ2v) is 6.47. The van der Waals surface area contributed by atoms with Crippen molar-refractivity contribution in [1.82, 2.24) is 15.3 Å². The third kappa shape index (κ3) is 5.82. The number of urea groups is 1. The molecule has 2 aromatic rings. The standard InChI is InChI=1S/C19H26N6O2/c1-14-4-3-5-16(12-14)23-19(26)21-7-6-20-18-22-15(2)13-17(24-18)25-8-10-27-11-9-25/h3-5,12-13H,6-11H2,1-2H3,(H,20,22,24)(H2,21,23,26). The quantitative estimate of drug-likeness (QED) is 0.675. The maximum atomic E-state index is 12.0. The maximum Gasteiger partial charge on any atom is 0.319 e. The summed E-state index contributed by atoms with van der Waals surface area (Å²) >= 11 is 0. The molecule has 0 saturated carbocycles. The second-order valence-electron chi connectivity index (χ2n) is 6.47. The number of aromatic nitrogens is 2. The van der Waals surface area contributed by atoms with Gasteiger partial charge in [0.1, 0.15) is 5.82 Å². The number of nitrogens with zero attached hydrogens (tertiary/aromatic N) is 3. The number of hydrogen-bond donors (Lipinski definition) is 3. The van der Waals surface area contributed by atoms with Crippen LogP contribution in [-0.2, 0) is 4.74 Å². The lowest BCUT2D eigenvalue weighted by Gasteiger charge is -2.28. The predicted molar refractivity (Wildman–Crippen MR) is 106 cm³/mol. The van der Waals surface area contributed by atoms with Gasteiger partial charge in [-0.2, -0.15) is 4.98 Å². The molecule has 1 aromatic heterocycles. The van der Waals surface area contributed by atoms with E-state index in [1.165, 1.54) is 0 Å². The van der Waals surface area contributed by atoms with Gasteiger partial charge in [0.05, 0.1) is 13.2 Å². The molecule has 3 N–H and O–H groups in total. The van der Waals surface area contributed by atoms with Crippen LogP contribution in [0.25, 0.3) is 0 Å². The van der Waals surface area contributed by atoms with Crippen molar-refractivity contribution in [2.75, 3.05) is 54.9 Å². The fourth-order valence-corrected chi connectivity index (χ4v) is 2.83. The van der Waals surface area contributed by atoms with Crippen molar-refractivity contribution in [3.8, 4) is 0 Å². The number of anilines is 3. The molecule has 2 amide bonds. The van der Waals surface area contributed by atoms with Gasteiger partial charge in [-0.25, -0.2) is 9.78 Å². The van der Waals surface area contributed by atoms with Gasteiger partial charge in [0.15, 0.2) is 0 Å². The minimum absolute atomic E-state index is 0.235. The minimum atomic E-state index is -0.235. The summed E-state index contributed by atoms with van der Waals surface area (Å²) in [6, 6.07) is 9.42. The zero-order valence-electron chi connectivity index (χ0n) is 15.8. The number of carbonyl (C=O) groups excluding carboxylic acids is 1. The summed E-state index contributed by atoms with van der Waals surface area (Å²) in [6.45, 7) is 8.02. The summed E-state index contributed by atoms with van der Waals surface area (Å²) in [5, 5.41) is 8.80. The van der Waals surface area contributed by atoms with Gasteiger partial charge in [-0.3, -0.25) is 0 Å². The Hall–Kier alpha value is -2.87. The van der Waals surface area contributed by atoms with E-state index in [0.29, 0.717) is 32.3 Å². The highest BCUT2D eigenvalue weighted by Crippen LogP contribution is 2.16. The van der Waals surface area contributed by atoms with Crippen LogP contribution in [0.2, 0.25) is 0 Å². The number of hydrogen-bond acceptors (Lipinski definition) is 6. The lowest BCUT2D eigenvalue weighted by molar-refractivity contribution is 0.122. The molecule has 0 atom stereocenters. The molecular formula is C19H26N6O2. The Bertz CT molecular complexity index is 777. The topological polar surface area (TPSA) is 91.4 Å². The van der Waals surface area contributed by atoms with Gasteiger partial charge in [0, 0.05) is 43.6 Å². The molecule has 144 valence electrons. The first-order valence-corrected chi connectivity index (χ1v) is 9.14. The third-order valence-corrected chi connectivity index (χ3v) is 4.15. The molecule has 1 saturated heterocycles. The van der Waals surface area contributed by atoms with Crippen LogP contribution >= 0.6 is 0 Å². The highest BCUT2D eigenvalue weighted by molar-refractivity contribution is 5.89. The number of aryl methyl sites for hydroxylation is 2. The van der Waals surface area contributed by atoms with Gasteiger partial charge in [-0.15, -0.1) is 0 Å². The van der Waals surface area contributed by atoms with E-state index in [-0.39, 0.29) is 6.03 Å². The molecule has 0 radical (unpaired) electrons. The molecule has 0 spiro atoms. The number of amides is 2. The van der Waals surface area contributed by atoms with Crippen LogP contribution in [-0.4, -0.2) is 55.4 Å². The van der Waals surface area contributed by atoms with Crippen molar-refractivity contribution < 1.29 is 9.53 Å². The molecule has 1 aromatic carbocycles. The normalized spacial score (nSPS) is 13.9. The van der Waals surface area contributed by atoms with Crippen LogP contribution in [0.15, 0.2) is 30.3 Å². The van der Waals surface area contributed by atoms with Crippen molar-refractivity contribution >= 4 is 23.5 Å². The van der Waals surface area contributed by atoms with E-state index in [2.05, 4.69) is 30.8 Å². The average Bonchev–Trinajstić information content (AvgIpc) is 2.65. The first kappa shape index (κ1) is 18.9. The Kier molecular flexibility index (Phi) is 6.43. The van der Waals surface area contributed by atoms with Gasteiger partial charge in [-0.05, 0) is 31.5 Å². The molecule has 27 heavy (non-hydrogen) atoms. The van der Waals surface area contributed by atoms with Gasteiger partial charge in [-0.1, -0.05) is 12.1 Å². The van der Waals surface area contributed by atoms with Crippen LogP contribution in [0.1, 0.15) is 11.3 Å². The molecule has 0 aliphatic carbocycles. The Balaban J connectivity index is 1.46. The van der Waals surface area contributed by atoms with Crippen LogP contribution in [0.3, 0.4) is 0 Å². The molecule has 2 heterocycles. The van der Waals surface area contributed by atoms with Gasteiger partial charge in [0.25, 0.3) is 0 Å². The first-order valence-electron chi connectivity index (χ1n) is 9.14. The van der Waals surface area contributed by atoms with E-state index in [4.69, 9.17) is 4.74 Å². The van der Waals surface area contributed by atoms with E-state index >= 15 is 0 Å². The van der Waals surface area contributed by atoms with E-state index in [9.17, 15) is 4.79 Å². The Morgan fingerprint density at radius 2 is 1.96 bits per heavy atom. The van der Waals surface area contributed by atoms with Crippen molar-refractivity contribution in [1.29, 1.82) is 0 Å². The summed E-state index contributed by atoms with van der Waals surface area (Å²) in [5.74, 6) is 1.47. The molecule has 8 heteroatoms. The molecule has 3 rings (SSSR count). The summed E-state index contributed by atoms with van der Waals surface area (Å²) in [4.78, 5) is 23.1. The van der Waals surface area contributed by atoms with E-state index in [0.717, 1.165) is 35.9 Å². The van der Waals surface area contributed by atoms with Crippen molar-refractivity contribution in [2.45, 2.75) is 13.8 Å². The summed E-state index contributed by atoms with van der Waals surface area (Å²) in [7, 11) is 0. The van der Waals surface area contributed by atoms with Crippen molar-refractivity contribution in [3.05, 3.63) is 41.6 Å². The molecule has 1 aliphatic rings. The van der Waals surface area contributed by atoms with Crippen LogP contribution in [0, 0.1) is 13.8 Å². The van der Waals surface area contributed by atoms with Crippen molar-refractivity contribution in [3.63, 3.8) is 0 Å². The first-order chi connectivity index (χ1) is 13.1. The lowest BCUT2D eigenvalue weighted by Crippen LogP contribution is -2.37. The average molecular weight is 370 g/mol. The summed E-state index contributed by atoms with van der Waals surface area (Å²) in [6.07, 6.45) is 0. The van der Waals surface area contributed by atoms with E-state index in [1.54, 1.807) is 0 Å². The van der Waals surface area contributed by atoms with Gasteiger partial charge in [0.2, 0.25) is 5.95 Å². The predicted octanol–water partition coefficient (Wildman–Crippen LogP) is 2.16. The molecule has 1 aliphatic heterocycles. The maximum absolute atomic E-state index is 12.0. The van der Waals surface area contributed by atoms with Gasteiger partial charge < -0.3 is 25.6 Å². The minimum Gasteiger partial charge on any atom is -0.378 e. The fourth-order valence-electron chi connectivity index (χ4n) is 2.83. The summed E-state index contributed by atoms with van der Waals surface area (Å²) < 4.78 is 5.39. The Labute approximate surface area is 159 Å². The zero-order chi connectivity index (χ0) is 19.1. The third-order valence-electron chi connectivity index (χ3n) is 4.15. The number of ether oxygens (including phenoxy) is 1. The second kappa shape index (κ2) is 9.18. The SMILES string of the molecule is Cc1cccc(NC(=O)NCCNc2nc(C)cc(N3CCOCC3)n2)c1. The monoisotopic (exact) mass is 370 g/mol. The number of benzene rings is 1. The van der Waals surface area contributed by atoms with Crippen molar-refractivity contribution in [2.24, 2.45) is 0 Å². The van der Waals surface area contributed by atoms with E-state index < -0.39 is 0 Å². The molecular weight excluding hydrogens is 344 g/mol. The smallest absolute Gasteiger partial charge is 0.319 e. The highest BCUT2D eigenvalue weighted by Gasteiger charge is 2.14. The highest BCUT2D eigenvalue weighted by atomic mass is 16.5.